The van der Waals surface area contributed by atoms with Crippen LogP contribution in [-0.2, 0) is 0 Å². The number of phenolic OH excluding ortho intramolecular Hbond substituents is 1. The Morgan fingerprint density at radius 2 is 1.45 bits per heavy atom. The molecular formula is C17H22O3. The molecule has 0 heterocycles. The van der Waals surface area contributed by atoms with Crippen LogP contribution in [0.4, 0.5) is 0 Å². The van der Waals surface area contributed by atoms with Crippen LogP contribution in [0.2, 0.25) is 0 Å². The monoisotopic (exact) mass is 274 g/mol. The summed E-state index contributed by atoms with van der Waals surface area (Å²) in [6.45, 7) is 4.20. The van der Waals surface area contributed by atoms with E-state index in [1.165, 1.54) is 25.7 Å². The number of aromatic hydroxyl groups is 1. The molecule has 2 N–H and O–H groups in total. The number of carboxylic acid groups (broad SMARTS) is 1. The summed E-state index contributed by atoms with van der Waals surface area (Å²) in [7, 11) is 0. The standard InChI is InChI=1S/C17H22O3/c1-9(11-3-4-11)14-7-13(17(19)20)8-15(16(14)18)10(2)12-5-6-12/h7-12,18H,3-6H2,1-2H3,(H,19,20)/t9-,10-/m1/s1. The number of aromatic carboxylic acids is 1. The highest BCUT2D eigenvalue weighted by Crippen LogP contribution is 2.49. The zero-order valence-electron chi connectivity index (χ0n) is 12.1. The van der Waals surface area contributed by atoms with Gasteiger partial charge in [-0.2, -0.15) is 0 Å². The van der Waals surface area contributed by atoms with Gasteiger partial charge in [0.05, 0.1) is 5.56 Å². The lowest BCUT2D eigenvalue weighted by Crippen LogP contribution is -2.07. The van der Waals surface area contributed by atoms with Gasteiger partial charge in [-0.3, -0.25) is 0 Å². The molecule has 3 heteroatoms. The fourth-order valence-corrected chi connectivity index (χ4v) is 3.20. The normalized spacial score (nSPS) is 21.5. The molecule has 2 atom stereocenters. The van der Waals surface area contributed by atoms with Gasteiger partial charge in [0.15, 0.2) is 0 Å². The summed E-state index contributed by atoms with van der Waals surface area (Å²) < 4.78 is 0. The van der Waals surface area contributed by atoms with E-state index >= 15 is 0 Å². The van der Waals surface area contributed by atoms with Crippen molar-refractivity contribution < 1.29 is 15.0 Å². The van der Waals surface area contributed by atoms with E-state index in [1.807, 2.05) is 0 Å². The fraction of sp³-hybridized carbons (Fsp3) is 0.588. The lowest BCUT2D eigenvalue weighted by Gasteiger charge is -2.20. The van der Waals surface area contributed by atoms with Crippen molar-refractivity contribution in [2.24, 2.45) is 11.8 Å². The van der Waals surface area contributed by atoms with Crippen LogP contribution in [0, 0.1) is 11.8 Å². The van der Waals surface area contributed by atoms with Gasteiger partial charge in [0, 0.05) is 0 Å². The summed E-state index contributed by atoms with van der Waals surface area (Å²) in [5.74, 6) is 1.15. The number of benzene rings is 1. The Bertz CT molecular complexity index is 502. The number of rotatable bonds is 5. The highest BCUT2D eigenvalue weighted by atomic mass is 16.4. The SMILES string of the molecule is C[C@@H](c1cc(C(=O)O)cc([C@H](C)C2CC2)c1O)C1CC1. The number of hydrogen-bond acceptors (Lipinski definition) is 2. The quantitative estimate of drug-likeness (QED) is 0.849. The number of carboxylic acids is 1. The molecule has 2 aliphatic rings. The minimum Gasteiger partial charge on any atom is -0.507 e. The highest BCUT2D eigenvalue weighted by Gasteiger charge is 2.35. The molecule has 0 bridgehead atoms. The molecule has 1 aromatic carbocycles. The van der Waals surface area contributed by atoms with Gasteiger partial charge in [0.1, 0.15) is 5.75 Å². The van der Waals surface area contributed by atoms with Crippen molar-refractivity contribution in [1.29, 1.82) is 0 Å². The van der Waals surface area contributed by atoms with E-state index < -0.39 is 5.97 Å². The predicted molar refractivity (Wildman–Crippen MR) is 77.3 cm³/mol. The van der Waals surface area contributed by atoms with Crippen molar-refractivity contribution >= 4 is 5.97 Å². The summed E-state index contributed by atoms with van der Waals surface area (Å²) in [6.07, 6.45) is 4.74. The van der Waals surface area contributed by atoms with Gasteiger partial charge < -0.3 is 10.2 Å². The summed E-state index contributed by atoms with van der Waals surface area (Å²) in [5.41, 5.74) is 1.97. The second kappa shape index (κ2) is 4.80. The molecule has 0 aromatic heterocycles. The molecule has 0 radical (unpaired) electrons. The molecule has 2 fully saturated rings. The Hall–Kier alpha value is -1.51. The Labute approximate surface area is 119 Å². The van der Waals surface area contributed by atoms with Gasteiger partial charge in [-0.25, -0.2) is 4.79 Å². The average molecular weight is 274 g/mol. The first-order chi connectivity index (χ1) is 9.49. The lowest BCUT2D eigenvalue weighted by atomic mass is 9.86. The Morgan fingerprint density at radius 1 is 1.05 bits per heavy atom. The Balaban J connectivity index is 2.04. The summed E-state index contributed by atoms with van der Waals surface area (Å²) >= 11 is 0. The first kappa shape index (κ1) is 13.5. The molecule has 0 saturated heterocycles. The first-order valence-corrected chi connectivity index (χ1v) is 7.59. The molecule has 3 rings (SSSR count). The van der Waals surface area contributed by atoms with Crippen molar-refractivity contribution in [3.63, 3.8) is 0 Å². The molecule has 20 heavy (non-hydrogen) atoms. The number of hydrogen-bond donors (Lipinski definition) is 2. The second-order valence-corrected chi connectivity index (χ2v) is 6.56. The van der Waals surface area contributed by atoms with E-state index in [9.17, 15) is 15.0 Å². The minimum atomic E-state index is -0.904. The largest absolute Gasteiger partial charge is 0.507 e. The first-order valence-electron chi connectivity index (χ1n) is 7.59. The van der Waals surface area contributed by atoms with Crippen LogP contribution in [0.15, 0.2) is 12.1 Å². The third kappa shape index (κ3) is 2.41. The molecule has 3 nitrogen and oxygen atoms in total. The molecular weight excluding hydrogens is 252 g/mol. The van der Waals surface area contributed by atoms with Crippen LogP contribution in [0.3, 0.4) is 0 Å². The lowest BCUT2D eigenvalue weighted by molar-refractivity contribution is 0.0696. The van der Waals surface area contributed by atoms with Crippen LogP contribution < -0.4 is 0 Å². The van der Waals surface area contributed by atoms with Crippen LogP contribution in [0.1, 0.15) is 72.9 Å². The summed E-state index contributed by atoms with van der Waals surface area (Å²) in [5, 5.41) is 19.9. The summed E-state index contributed by atoms with van der Waals surface area (Å²) in [4.78, 5) is 11.4. The molecule has 0 spiro atoms. The third-order valence-electron chi connectivity index (χ3n) is 5.06. The summed E-state index contributed by atoms with van der Waals surface area (Å²) in [6, 6.07) is 3.34. The number of carbonyl (C=O) groups is 1. The van der Waals surface area contributed by atoms with Gasteiger partial charge in [-0.1, -0.05) is 13.8 Å². The maximum atomic E-state index is 11.4. The molecule has 0 amide bonds. The Morgan fingerprint density at radius 3 is 1.75 bits per heavy atom. The van der Waals surface area contributed by atoms with Crippen LogP contribution in [-0.4, -0.2) is 16.2 Å². The molecule has 2 aliphatic carbocycles. The zero-order chi connectivity index (χ0) is 14.4. The smallest absolute Gasteiger partial charge is 0.335 e. The minimum absolute atomic E-state index is 0.249. The highest BCUT2D eigenvalue weighted by molar-refractivity contribution is 5.88. The molecule has 1 aromatic rings. The van der Waals surface area contributed by atoms with Crippen molar-refractivity contribution in [3.05, 3.63) is 28.8 Å². The maximum Gasteiger partial charge on any atom is 0.335 e. The van der Waals surface area contributed by atoms with Crippen LogP contribution in [0.25, 0.3) is 0 Å². The van der Waals surface area contributed by atoms with E-state index in [1.54, 1.807) is 12.1 Å². The maximum absolute atomic E-state index is 11.4. The number of phenols is 1. The van der Waals surface area contributed by atoms with E-state index in [2.05, 4.69) is 13.8 Å². The van der Waals surface area contributed by atoms with Crippen molar-refractivity contribution in [3.8, 4) is 5.75 Å². The van der Waals surface area contributed by atoms with E-state index in [-0.39, 0.29) is 11.8 Å². The van der Waals surface area contributed by atoms with E-state index in [0.717, 1.165) is 11.1 Å². The van der Waals surface area contributed by atoms with Gasteiger partial charge in [0.25, 0.3) is 0 Å². The van der Waals surface area contributed by atoms with Gasteiger partial charge >= 0.3 is 5.97 Å². The second-order valence-electron chi connectivity index (χ2n) is 6.56. The molecule has 2 saturated carbocycles. The van der Waals surface area contributed by atoms with Gasteiger partial charge in [0.2, 0.25) is 0 Å². The third-order valence-corrected chi connectivity index (χ3v) is 5.06. The van der Waals surface area contributed by atoms with E-state index in [4.69, 9.17) is 0 Å². The van der Waals surface area contributed by atoms with E-state index in [0.29, 0.717) is 23.1 Å². The topological polar surface area (TPSA) is 57.5 Å². The fourth-order valence-electron chi connectivity index (χ4n) is 3.20. The molecule has 108 valence electrons. The Kier molecular flexibility index (Phi) is 3.23. The van der Waals surface area contributed by atoms with Crippen molar-refractivity contribution in [1.82, 2.24) is 0 Å². The molecule has 0 unspecified atom stereocenters. The average Bonchev–Trinajstić information content (AvgIpc) is 3.30. The predicted octanol–water partition coefficient (Wildman–Crippen LogP) is 4.12. The van der Waals surface area contributed by atoms with Crippen molar-refractivity contribution in [2.75, 3.05) is 0 Å². The zero-order valence-corrected chi connectivity index (χ0v) is 12.1. The van der Waals surface area contributed by atoms with Crippen molar-refractivity contribution in [2.45, 2.75) is 51.4 Å². The van der Waals surface area contributed by atoms with Gasteiger partial charge in [-0.05, 0) is 72.6 Å². The van der Waals surface area contributed by atoms with Crippen LogP contribution >= 0.6 is 0 Å². The van der Waals surface area contributed by atoms with Crippen LogP contribution in [0.5, 0.6) is 5.75 Å². The molecule has 0 aliphatic heterocycles. The van der Waals surface area contributed by atoms with Gasteiger partial charge in [-0.15, -0.1) is 0 Å².